The number of hydrogen-bond acceptors (Lipinski definition) is 3. The van der Waals surface area contributed by atoms with Crippen LogP contribution in [-0.4, -0.2) is 30.7 Å². The summed E-state index contributed by atoms with van der Waals surface area (Å²) in [4.78, 5) is 12.2. The average Bonchev–Trinajstić information content (AvgIpc) is 3.05. The second-order valence-corrected chi connectivity index (χ2v) is 4.61. The van der Waals surface area contributed by atoms with E-state index in [1.165, 1.54) is 7.11 Å². The molecule has 0 N–H and O–H groups in total. The van der Waals surface area contributed by atoms with Crippen LogP contribution < -0.4 is 0 Å². The molecular weight excluding hydrogens is 263 g/mol. The molecule has 0 aliphatic carbocycles. The zero-order chi connectivity index (χ0) is 12.5. The highest BCUT2D eigenvalue weighted by Gasteiger charge is 2.63. The zero-order valence-electron chi connectivity index (χ0n) is 9.28. The largest absolute Gasteiger partial charge is 0.345 e. The van der Waals surface area contributed by atoms with E-state index in [-0.39, 0.29) is 11.9 Å². The number of halogens is 2. The maximum Gasteiger partial charge on any atom is 0.261 e. The minimum Gasteiger partial charge on any atom is -0.345 e. The maximum absolute atomic E-state index is 12.2. The molecule has 92 valence electrons. The van der Waals surface area contributed by atoms with Gasteiger partial charge >= 0.3 is 0 Å². The van der Waals surface area contributed by atoms with Gasteiger partial charge in [0, 0.05) is 23.6 Å². The first-order chi connectivity index (χ1) is 8.14. The molecule has 0 amide bonds. The number of benzene rings is 1. The fraction of sp³-hybridized carbons (Fsp3) is 0.417. The van der Waals surface area contributed by atoms with Crippen molar-refractivity contribution in [3.05, 3.63) is 34.9 Å². The topological polar surface area (TPSA) is 38.8 Å². The molecule has 1 heterocycles. The Morgan fingerprint density at radius 1 is 1.47 bits per heavy atom. The molecule has 1 aromatic carbocycles. The van der Waals surface area contributed by atoms with E-state index in [2.05, 4.69) is 0 Å². The van der Waals surface area contributed by atoms with E-state index >= 15 is 0 Å². The molecule has 17 heavy (non-hydrogen) atoms. The van der Waals surface area contributed by atoms with E-state index in [0.29, 0.717) is 22.9 Å². The quantitative estimate of drug-likeness (QED) is 0.471. The molecule has 0 aromatic heterocycles. The van der Waals surface area contributed by atoms with Crippen LogP contribution in [0.1, 0.15) is 16.8 Å². The molecule has 2 unspecified atom stereocenters. The molecule has 2 rings (SSSR count). The number of ketones is 1. The summed E-state index contributed by atoms with van der Waals surface area (Å²) in [6.07, 6.45) is 0.336. The van der Waals surface area contributed by atoms with E-state index in [1.54, 1.807) is 24.3 Å². The summed E-state index contributed by atoms with van der Waals surface area (Å²) in [6, 6.07) is 6.64. The Kier molecular flexibility index (Phi) is 3.73. The highest BCUT2D eigenvalue weighted by atomic mass is 35.5. The number of Topliss-reactive ketones (excluding diaryl/α,β-unsaturated/α-hetero) is 1. The lowest BCUT2D eigenvalue weighted by molar-refractivity contribution is 0.00154. The maximum atomic E-state index is 12.2. The van der Waals surface area contributed by atoms with E-state index in [4.69, 9.17) is 32.7 Å². The summed E-state index contributed by atoms with van der Waals surface area (Å²) >= 11 is 11.4. The molecule has 1 aliphatic heterocycles. The first-order valence-corrected chi connectivity index (χ1v) is 6.14. The van der Waals surface area contributed by atoms with Crippen molar-refractivity contribution in [2.24, 2.45) is 0 Å². The van der Waals surface area contributed by atoms with Gasteiger partial charge < -0.3 is 9.47 Å². The monoisotopic (exact) mass is 274 g/mol. The lowest BCUT2D eigenvalue weighted by Gasteiger charge is -2.09. The lowest BCUT2D eigenvalue weighted by atomic mass is 10.0. The molecule has 1 fully saturated rings. The molecule has 0 radical (unpaired) electrons. The molecule has 0 bridgehead atoms. The second kappa shape index (κ2) is 4.94. The Morgan fingerprint density at radius 3 is 2.65 bits per heavy atom. The average molecular weight is 275 g/mol. The minimum atomic E-state index is -1.15. The molecule has 3 nitrogen and oxygen atoms in total. The molecule has 1 saturated heterocycles. The third kappa shape index (κ3) is 2.33. The molecule has 2 atom stereocenters. The van der Waals surface area contributed by atoms with Crippen molar-refractivity contribution < 1.29 is 14.3 Å². The normalized spacial score (nSPS) is 26.9. The van der Waals surface area contributed by atoms with E-state index in [0.717, 1.165) is 0 Å². The summed E-state index contributed by atoms with van der Waals surface area (Å²) in [6.45, 7) is 0. The van der Waals surface area contributed by atoms with Crippen LogP contribution in [0.5, 0.6) is 0 Å². The van der Waals surface area contributed by atoms with E-state index < -0.39 is 5.79 Å². The smallest absolute Gasteiger partial charge is 0.261 e. The summed E-state index contributed by atoms with van der Waals surface area (Å²) in [5, 5.41) is 0.585. The Hall–Kier alpha value is -0.610. The van der Waals surface area contributed by atoms with Crippen LogP contribution in [0.2, 0.25) is 5.02 Å². The van der Waals surface area contributed by atoms with Gasteiger partial charge in [-0.3, -0.25) is 4.79 Å². The summed E-state index contributed by atoms with van der Waals surface area (Å²) in [5.74, 6) is -0.904. The predicted molar refractivity (Wildman–Crippen MR) is 65.7 cm³/mol. The Labute approximate surface area is 110 Å². The van der Waals surface area contributed by atoms with Gasteiger partial charge in [-0.25, -0.2) is 0 Å². The number of alkyl halides is 1. The van der Waals surface area contributed by atoms with Crippen LogP contribution in [0, 0.1) is 0 Å². The van der Waals surface area contributed by atoms with Crippen molar-refractivity contribution in [3.8, 4) is 0 Å². The van der Waals surface area contributed by atoms with Crippen LogP contribution >= 0.6 is 23.2 Å². The summed E-state index contributed by atoms with van der Waals surface area (Å²) < 4.78 is 10.5. The second-order valence-electron chi connectivity index (χ2n) is 3.79. The van der Waals surface area contributed by atoms with Gasteiger partial charge in [0.2, 0.25) is 5.78 Å². The fourth-order valence-corrected chi connectivity index (χ4v) is 2.12. The van der Waals surface area contributed by atoms with Gasteiger partial charge in [-0.05, 0) is 30.7 Å². The Balaban J connectivity index is 2.17. The molecule has 1 aliphatic rings. The van der Waals surface area contributed by atoms with Crippen molar-refractivity contribution in [2.75, 3.05) is 13.0 Å². The van der Waals surface area contributed by atoms with Crippen LogP contribution in [-0.2, 0) is 9.47 Å². The van der Waals surface area contributed by atoms with Crippen molar-refractivity contribution in [1.82, 2.24) is 0 Å². The van der Waals surface area contributed by atoms with Gasteiger partial charge in [-0.1, -0.05) is 11.6 Å². The van der Waals surface area contributed by atoms with Crippen LogP contribution in [0.4, 0.5) is 0 Å². The molecular formula is C12H12Cl2O3. The van der Waals surface area contributed by atoms with Crippen molar-refractivity contribution in [1.29, 1.82) is 0 Å². The molecule has 1 aromatic rings. The first kappa shape index (κ1) is 12.8. The van der Waals surface area contributed by atoms with Crippen LogP contribution in [0.3, 0.4) is 0 Å². The van der Waals surface area contributed by atoms with Crippen molar-refractivity contribution in [2.45, 2.75) is 18.3 Å². The van der Waals surface area contributed by atoms with E-state index in [1.807, 2.05) is 0 Å². The zero-order valence-corrected chi connectivity index (χ0v) is 10.8. The van der Waals surface area contributed by atoms with Gasteiger partial charge in [0.25, 0.3) is 5.79 Å². The SMILES string of the molecule is COC1(C(=O)c2ccc(Cl)cc2)OC1CCCl. The third-order valence-electron chi connectivity index (χ3n) is 2.78. The summed E-state index contributed by atoms with van der Waals surface area (Å²) in [5.41, 5.74) is 0.522. The van der Waals surface area contributed by atoms with Gasteiger partial charge in [0.15, 0.2) is 0 Å². The molecule has 0 saturated carbocycles. The summed E-state index contributed by atoms with van der Waals surface area (Å²) in [7, 11) is 1.46. The number of epoxide rings is 1. The van der Waals surface area contributed by atoms with Crippen molar-refractivity contribution >= 4 is 29.0 Å². The van der Waals surface area contributed by atoms with Crippen molar-refractivity contribution in [3.63, 3.8) is 0 Å². The number of ether oxygens (including phenoxy) is 2. The lowest BCUT2D eigenvalue weighted by Crippen LogP contribution is -2.30. The number of rotatable bonds is 5. The number of carbonyl (C=O) groups excluding carboxylic acids is 1. The van der Waals surface area contributed by atoms with Crippen LogP contribution in [0.15, 0.2) is 24.3 Å². The Morgan fingerprint density at radius 2 is 2.12 bits per heavy atom. The van der Waals surface area contributed by atoms with Gasteiger partial charge in [-0.2, -0.15) is 0 Å². The van der Waals surface area contributed by atoms with Gasteiger partial charge in [0.05, 0.1) is 0 Å². The number of methoxy groups -OCH3 is 1. The predicted octanol–water partition coefficient (Wildman–Crippen LogP) is 2.89. The fourth-order valence-electron chi connectivity index (χ4n) is 1.80. The third-order valence-corrected chi connectivity index (χ3v) is 3.25. The standard InChI is InChI=1S/C12H12Cl2O3/c1-16-12(10(17-12)6-7-13)11(15)8-2-4-9(14)5-3-8/h2-5,10H,6-7H2,1H3. The number of hydrogen-bond donors (Lipinski definition) is 0. The van der Waals surface area contributed by atoms with Gasteiger partial charge in [0.1, 0.15) is 6.10 Å². The van der Waals surface area contributed by atoms with Gasteiger partial charge in [-0.15, -0.1) is 11.6 Å². The molecule has 0 spiro atoms. The minimum absolute atomic E-state index is 0.188. The highest BCUT2D eigenvalue weighted by molar-refractivity contribution is 6.30. The van der Waals surface area contributed by atoms with E-state index in [9.17, 15) is 4.79 Å². The van der Waals surface area contributed by atoms with Crippen LogP contribution in [0.25, 0.3) is 0 Å². The highest BCUT2D eigenvalue weighted by Crippen LogP contribution is 2.42. The first-order valence-electron chi connectivity index (χ1n) is 5.23. The number of carbonyl (C=O) groups is 1. The molecule has 5 heteroatoms. The Bertz CT molecular complexity index is 418.